The van der Waals surface area contributed by atoms with Gasteiger partial charge in [-0.3, -0.25) is 4.79 Å². The van der Waals surface area contributed by atoms with Crippen molar-refractivity contribution >= 4 is 18.3 Å². The van der Waals surface area contributed by atoms with Gasteiger partial charge in [0.15, 0.2) is 0 Å². The van der Waals surface area contributed by atoms with Crippen LogP contribution in [0.4, 0.5) is 0 Å². The molecule has 1 amide bonds. The van der Waals surface area contributed by atoms with Gasteiger partial charge in [-0.2, -0.15) is 0 Å². The van der Waals surface area contributed by atoms with Gasteiger partial charge in [0.1, 0.15) is 0 Å². The summed E-state index contributed by atoms with van der Waals surface area (Å²) >= 11 is 0. The normalized spacial score (nSPS) is 19.2. The smallest absolute Gasteiger partial charge is 0.220 e. The van der Waals surface area contributed by atoms with Crippen molar-refractivity contribution in [2.24, 2.45) is 17.8 Å². The molecule has 1 aliphatic heterocycles. The monoisotopic (exact) mass is 304 g/mol. The Labute approximate surface area is 131 Å². The van der Waals surface area contributed by atoms with Crippen LogP contribution in [0.25, 0.3) is 0 Å². The van der Waals surface area contributed by atoms with Crippen molar-refractivity contribution < 1.29 is 4.79 Å². The van der Waals surface area contributed by atoms with Crippen molar-refractivity contribution in [2.75, 3.05) is 13.1 Å². The lowest BCUT2D eigenvalue weighted by Gasteiger charge is -2.28. The van der Waals surface area contributed by atoms with Crippen LogP contribution in [0.1, 0.15) is 59.8 Å². The van der Waals surface area contributed by atoms with E-state index in [0.29, 0.717) is 24.3 Å². The average Bonchev–Trinajstić information content (AvgIpc) is 2.37. The zero-order chi connectivity index (χ0) is 14.3. The van der Waals surface area contributed by atoms with E-state index in [1.807, 2.05) is 0 Å². The molecule has 20 heavy (non-hydrogen) atoms. The third-order valence-corrected chi connectivity index (χ3v) is 4.28. The van der Waals surface area contributed by atoms with E-state index in [2.05, 4.69) is 38.3 Å². The minimum absolute atomic E-state index is 0. The lowest BCUT2D eigenvalue weighted by Crippen LogP contribution is -2.36. The van der Waals surface area contributed by atoms with Crippen molar-refractivity contribution in [1.82, 2.24) is 10.6 Å². The van der Waals surface area contributed by atoms with Crippen LogP contribution in [0, 0.1) is 17.8 Å². The molecular weight excluding hydrogens is 272 g/mol. The molecule has 1 heterocycles. The molecule has 2 atom stereocenters. The van der Waals surface area contributed by atoms with E-state index in [1.165, 1.54) is 19.3 Å². The molecule has 0 aromatic rings. The van der Waals surface area contributed by atoms with Gasteiger partial charge in [0.05, 0.1) is 0 Å². The van der Waals surface area contributed by atoms with Gasteiger partial charge >= 0.3 is 0 Å². The summed E-state index contributed by atoms with van der Waals surface area (Å²) in [5.74, 6) is 2.19. The first-order valence-corrected chi connectivity index (χ1v) is 7.99. The second-order valence-electron chi connectivity index (χ2n) is 6.71. The third kappa shape index (κ3) is 8.11. The largest absolute Gasteiger partial charge is 0.354 e. The van der Waals surface area contributed by atoms with Crippen LogP contribution in [-0.2, 0) is 4.79 Å². The summed E-state index contributed by atoms with van der Waals surface area (Å²) in [6.07, 6.45) is 5.40. The molecule has 1 aliphatic rings. The highest BCUT2D eigenvalue weighted by Gasteiger charge is 2.22. The van der Waals surface area contributed by atoms with Crippen molar-refractivity contribution in [3.8, 4) is 0 Å². The molecule has 0 bridgehead atoms. The van der Waals surface area contributed by atoms with Crippen molar-refractivity contribution in [3.63, 3.8) is 0 Å². The Morgan fingerprint density at radius 1 is 1.15 bits per heavy atom. The highest BCUT2D eigenvalue weighted by molar-refractivity contribution is 5.85. The van der Waals surface area contributed by atoms with Crippen LogP contribution in [0.3, 0.4) is 0 Å². The zero-order valence-electron chi connectivity index (χ0n) is 13.6. The summed E-state index contributed by atoms with van der Waals surface area (Å²) < 4.78 is 0. The number of amides is 1. The first kappa shape index (κ1) is 19.7. The van der Waals surface area contributed by atoms with Crippen LogP contribution in [0.2, 0.25) is 0 Å². The first-order valence-electron chi connectivity index (χ1n) is 7.99. The number of piperidine rings is 1. The predicted molar refractivity (Wildman–Crippen MR) is 88.3 cm³/mol. The second kappa shape index (κ2) is 10.4. The third-order valence-electron chi connectivity index (χ3n) is 4.28. The van der Waals surface area contributed by atoms with E-state index < -0.39 is 0 Å². The van der Waals surface area contributed by atoms with E-state index >= 15 is 0 Å². The van der Waals surface area contributed by atoms with Gasteiger partial charge in [-0.25, -0.2) is 0 Å². The molecule has 0 saturated carbocycles. The quantitative estimate of drug-likeness (QED) is 0.757. The zero-order valence-corrected chi connectivity index (χ0v) is 14.4. The van der Waals surface area contributed by atoms with Gasteiger partial charge in [-0.05, 0) is 63.5 Å². The van der Waals surface area contributed by atoms with Gasteiger partial charge in [-0.1, -0.05) is 20.8 Å². The van der Waals surface area contributed by atoms with Gasteiger partial charge in [-0.15, -0.1) is 12.4 Å². The molecular formula is C16H33ClN2O. The summed E-state index contributed by atoms with van der Waals surface area (Å²) in [7, 11) is 0. The highest BCUT2D eigenvalue weighted by atomic mass is 35.5. The second-order valence-corrected chi connectivity index (χ2v) is 6.71. The number of carbonyl (C=O) groups is 1. The van der Waals surface area contributed by atoms with E-state index in [1.54, 1.807) is 0 Å². The SMILES string of the molecule is CC(C)CCC(C)NC(=O)CC(C)C1CCNCC1.Cl. The number of carbonyl (C=O) groups excluding carboxylic acids is 1. The topological polar surface area (TPSA) is 41.1 Å². The minimum atomic E-state index is 0. The van der Waals surface area contributed by atoms with Crippen molar-refractivity contribution in [1.29, 1.82) is 0 Å². The summed E-state index contributed by atoms with van der Waals surface area (Å²) in [4.78, 5) is 12.0. The molecule has 1 rings (SSSR count). The molecule has 2 unspecified atom stereocenters. The lowest BCUT2D eigenvalue weighted by atomic mass is 9.84. The summed E-state index contributed by atoms with van der Waals surface area (Å²) in [6, 6.07) is 0.315. The number of hydrogen-bond acceptors (Lipinski definition) is 2. The average molecular weight is 305 g/mol. The van der Waals surface area contributed by atoms with Crippen molar-refractivity contribution in [3.05, 3.63) is 0 Å². The number of hydrogen-bond donors (Lipinski definition) is 2. The fraction of sp³-hybridized carbons (Fsp3) is 0.938. The Morgan fingerprint density at radius 2 is 1.75 bits per heavy atom. The van der Waals surface area contributed by atoms with Crippen LogP contribution in [0.5, 0.6) is 0 Å². The van der Waals surface area contributed by atoms with Gasteiger partial charge in [0.25, 0.3) is 0 Å². The number of rotatable bonds is 7. The number of halogens is 1. The molecule has 4 heteroatoms. The van der Waals surface area contributed by atoms with E-state index in [-0.39, 0.29) is 18.3 Å². The van der Waals surface area contributed by atoms with E-state index in [9.17, 15) is 4.79 Å². The van der Waals surface area contributed by atoms with Crippen LogP contribution < -0.4 is 10.6 Å². The Balaban J connectivity index is 0.00000361. The molecule has 0 aromatic carbocycles. The summed E-state index contributed by atoms with van der Waals surface area (Å²) in [5.41, 5.74) is 0. The lowest BCUT2D eigenvalue weighted by molar-refractivity contribution is -0.123. The number of nitrogens with one attached hydrogen (secondary N) is 2. The van der Waals surface area contributed by atoms with Gasteiger partial charge in [0, 0.05) is 12.5 Å². The Morgan fingerprint density at radius 3 is 2.30 bits per heavy atom. The fourth-order valence-electron chi connectivity index (χ4n) is 2.86. The standard InChI is InChI=1S/C16H32N2O.ClH/c1-12(2)5-6-14(4)18-16(19)11-13(3)15-7-9-17-10-8-15;/h12-15,17H,5-11H2,1-4H3,(H,18,19);1H. The molecule has 3 nitrogen and oxygen atoms in total. The maximum atomic E-state index is 12.0. The van der Waals surface area contributed by atoms with Crippen LogP contribution >= 0.6 is 12.4 Å². The first-order chi connectivity index (χ1) is 8.99. The van der Waals surface area contributed by atoms with Crippen LogP contribution in [0.15, 0.2) is 0 Å². The highest BCUT2D eigenvalue weighted by Crippen LogP contribution is 2.24. The molecule has 0 radical (unpaired) electrons. The molecule has 0 aromatic heterocycles. The Kier molecular flexibility index (Phi) is 10.3. The van der Waals surface area contributed by atoms with Crippen molar-refractivity contribution in [2.45, 2.75) is 65.8 Å². The molecule has 0 spiro atoms. The fourth-order valence-corrected chi connectivity index (χ4v) is 2.86. The molecule has 1 saturated heterocycles. The Hall–Kier alpha value is -0.280. The summed E-state index contributed by atoms with van der Waals surface area (Å²) in [5, 5.41) is 6.53. The van der Waals surface area contributed by atoms with Crippen LogP contribution in [-0.4, -0.2) is 25.0 Å². The minimum Gasteiger partial charge on any atom is -0.354 e. The van der Waals surface area contributed by atoms with E-state index in [4.69, 9.17) is 0 Å². The predicted octanol–water partition coefficient (Wildman–Crippen LogP) is 3.37. The summed E-state index contributed by atoms with van der Waals surface area (Å²) in [6.45, 7) is 11.0. The maximum Gasteiger partial charge on any atom is 0.220 e. The molecule has 0 aliphatic carbocycles. The van der Waals surface area contributed by atoms with Gasteiger partial charge in [0.2, 0.25) is 5.91 Å². The van der Waals surface area contributed by atoms with E-state index in [0.717, 1.165) is 25.4 Å². The van der Waals surface area contributed by atoms with Gasteiger partial charge < -0.3 is 10.6 Å². The molecule has 1 fully saturated rings. The molecule has 120 valence electrons. The maximum absolute atomic E-state index is 12.0. The molecule has 2 N–H and O–H groups in total. The Bertz CT molecular complexity index is 265.